The molecule has 0 aromatic rings. The fraction of sp³-hybridized carbons (Fsp3) is 0.429. The third-order valence-electron chi connectivity index (χ3n) is 0.967. The first-order valence-electron chi connectivity index (χ1n) is 3.32. The van der Waals surface area contributed by atoms with Crippen LogP contribution in [0.15, 0.2) is 10.6 Å². The Hall–Kier alpha value is -1.15. The summed E-state index contributed by atoms with van der Waals surface area (Å²) in [6.45, 7) is 3.52. The molecule has 0 unspecified atom stereocenters. The maximum atomic E-state index is 11.0. The number of carbonyl (C=O) groups excluding carboxylic acids is 1. The van der Waals surface area contributed by atoms with Crippen LogP contribution in [0.4, 0.5) is 0 Å². The summed E-state index contributed by atoms with van der Waals surface area (Å²) in [4.78, 5) is 11.2. The number of carbonyl (C=O) groups is 1. The molecule has 0 aliphatic heterocycles. The molecule has 0 radical (unpaired) electrons. The average Bonchev–Trinajstić information content (AvgIpc) is 1.99. The minimum atomic E-state index is -0.538. The van der Waals surface area contributed by atoms with E-state index in [1.165, 1.54) is 0 Å². The van der Waals surface area contributed by atoms with Crippen molar-refractivity contribution in [1.29, 1.82) is 5.26 Å². The van der Waals surface area contributed by atoms with Crippen LogP contribution >= 0.6 is 11.8 Å². The van der Waals surface area contributed by atoms with Crippen LogP contribution < -0.4 is 5.73 Å². The number of nitriles is 1. The van der Waals surface area contributed by atoms with Crippen LogP contribution in [-0.2, 0) is 9.53 Å². The van der Waals surface area contributed by atoms with E-state index >= 15 is 0 Å². The number of nitrogens with zero attached hydrogens (tertiary/aromatic N) is 1. The molecule has 0 atom stereocenters. The molecule has 0 saturated carbocycles. The molecule has 0 saturated heterocycles. The molecule has 0 rings (SSSR count). The van der Waals surface area contributed by atoms with Crippen molar-refractivity contribution in [1.82, 2.24) is 0 Å². The summed E-state index contributed by atoms with van der Waals surface area (Å²) in [6.07, 6.45) is 0. The van der Waals surface area contributed by atoms with Crippen LogP contribution in [0.3, 0.4) is 0 Å². The molecule has 12 heavy (non-hydrogen) atoms. The maximum Gasteiger partial charge on any atom is 0.347 e. The van der Waals surface area contributed by atoms with E-state index in [1.54, 1.807) is 19.2 Å². The zero-order chi connectivity index (χ0) is 9.56. The van der Waals surface area contributed by atoms with Gasteiger partial charge in [-0.3, -0.25) is 0 Å². The van der Waals surface area contributed by atoms with Crippen LogP contribution in [0.2, 0.25) is 0 Å². The second-order valence-electron chi connectivity index (χ2n) is 1.93. The fourth-order valence-corrected chi connectivity index (χ4v) is 0.920. The van der Waals surface area contributed by atoms with Gasteiger partial charge >= 0.3 is 5.97 Å². The summed E-state index contributed by atoms with van der Waals surface area (Å²) in [5.41, 5.74) is 5.67. The van der Waals surface area contributed by atoms with Gasteiger partial charge in [-0.05, 0) is 25.6 Å². The SMILES string of the molecule is CCOC(=O)/C(SC#N)=C(\C)N. The van der Waals surface area contributed by atoms with E-state index in [-0.39, 0.29) is 11.5 Å². The highest BCUT2D eigenvalue weighted by Gasteiger charge is 2.13. The Morgan fingerprint density at radius 2 is 2.33 bits per heavy atom. The molecule has 0 aromatic carbocycles. The van der Waals surface area contributed by atoms with Gasteiger partial charge in [-0.25, -0.2) is 4.79 Å². The number of rotatable bonds is 3. The van der Waals surface area contributed by atoms with Crippen molar-refractivity contribution < 1.29 is 9.53 Å². The largest absolute Gasteiger partial charge is 0.462 e. The van der Waals surface area contributed by atoms with Gasteiger partial charge in [0, 0.05) is 5.70 Å². The predicted molar refractivity (Wildman–Crippen MR) is 46.7 cm³/mol. The van der Waals surface area contributed by atoms with Gasteiger partial charge in [0.25, 0.3) is 0 Å². The van der Waals surface area contributed by atoms with E-state index in [0.29, 0.717) is 5.70 Å². The van der Waals surface area contributed by atoms with Gasteiger partial charge in [-0.2, -0.15) is 5.26 Å². The lowest BCUT2D eigenvalue weighted by molar-refractivity contribution is -0.137. The van der Waals surface area contributed by atoms with Crippen molar-refractivity contribution in [3.63, 3.8) is 0 Å². The number of esters is 1. The van der Waals surface area contributed by atoms with Crippen LogP contribution in [0.1, 0.15) is 13.8 Å². The Kier molecular flexibility index (Phi) is 4.97. The Balaban J connectivity index is 4.45. The molecule has 5 heteroatoms. The molecule has 4 nitrogen and oxygen atoms in total. The Bertz CT molecular complexity index is 238. The fourth-order valence-electron chi connectivity index (χ4n) is 0.525. The first-order chi connectivity index (χ1) is 5.63. The first-order valence-corrected chi connectivity index (χ1v) is 4.14. The number of thiocyanates is 1. The lowest BCUT2D eigenvalue weighted by Crippen LogP contribution is -2.09. The Labute approximate surface area is 75.4 Å². The minimum absolute atomic E-state index is 0.166. The zero-order valence-corrected chi connectivity index (χ0v) is 7.77. The van der Waals surface area contributed by atoms with E-state index in [0.717, 1.165) is 11.8 Å². The summed E-state index contributed by atoms with van der Waals surface area (Å²) in [7, 11) is 0. The van der Waals surface area contributed by atoms with Crippen molar-refractivity contribution in [2.75, 3.05) is 6.61 Å². The van der Waals surface area contributed by atoms with Crippen molar-refractivity contribution in [3.05, 3.63) is 10.6 Å². The van der Waals surface area contributed by atoms with Crippen LogP contribution in [-0.4, -0.2) is 12.6 Å². The molecule has 66 valence electrons. The minimum Gasteiger partial charge on any atom is -0.462 e. The van der Waals surface area contributed by atoms with Gasteiger partial charge in [-0.15, -0.1) is 0 Å². The molecule has 0 aliphatic rings. The van der Waals surface area contributed by atoms with Gasteiger partial charge in [0.2, 0.25) is 0 Å². The third-order valence-corrected chi connectivity index (χ3v) is 1.75. The standard InChI is InChI=1S/C7H10N2O2S/c1-3-11-7(10)6(5(2)9)12-4-8/h3,9H2,1-2H3/b6-5-. The molecule has 0 heterocycles. The molecular formula is C7H10N2O2S. The van der Waals surface area contributed by atoms with Gasteiger partial charge < -0.3 is 10.5 Å². The molecular weight excluding hydrogens is 176 g/mol. The summed E-state index contributed by atoms with van der Waals surface area (Å²) in [5.74, 6) is -0.538. The molecule has 2 N–H and O–H groups in total. The molecule has 0 amide bonds. The summed E-state index contributed by atoms with van der Waals surface area (Å²) in [5, 5.41) is 10.1. The topological polar surface area (TPSA) is 76.1 Å². The van der Waals surface area contributed by atoms with Gasteiger partial charge in [-0.1, -0.05) is 0 Å². The maximum absolute atomic E-state index is 11.0. The summed E-state index contributed by atoms with van der Waals surface area (Å²) >= 11 is 0.718. The van der Waals surface area contributed by atoms with Gasteiger partial charge in [0.15, 0.2) is 0 Å². The Morgan fingerprint density at radius 3 is 2.67 bits per heavy atom. The highest BCUT2D eigenvalue weighted by atomic mass is 32.2. The van der Waals surface area contributed by atoms with E-state index in [2.05, 4.69) is 4.74 Å². The number of allylic oxidation sites excluding steroid dienone is 1. The van der Waals surface area contributed by atoms with Crippen LogP contribution in [0, 0.1) is 10.7 Å². The van der Waals surface area contributed by atoms with Crippen LogP contribution in [0.25, 0.3) is 0 Å². The van der Waals surface area contributed by atoms with Crippen molar-refractivity contribution in [2.24, 2.45) is 5.73 Å². The molecule has 0 aliphatic carbocycles. The highest BCUT2D eigenvalue weighted by molar-refractivity contribution is 8.08. The molecule has 0 aromatic heterocycles. The number of ether oxygens (including phenoxy) is 1. The average molecular weight is 186 g/mol. The number of hydrogen-bond donors (Lipinski definition) is 1. The smallest absolute Gasteiger partial charge is 0.347 e. The van der Waals surface area contributed by atoms with E-state index in [9.17, 15) is 4.79 Å². The summed E-state index contributed by atoms with van der Waals surface area (Å²) in [6, 6.07) is 0. The Morgan fingerprint density at radius 1 is 1.75 bits per heavy atom. The monoisotopic (exact) mass is 186 g/mol. The number of hydrogen-bond acceptors (Lipinski definition) is 5. The second-order valence-corrected chi connectivity index (χ2v) is 2.72. The first kappa shape index (κ1) is 10.8. The second kappa shape index (κ2) is 5.49. The molecule has 0 fully saturated rings. The quantitative estimate of drug-likeness (QED) is 0.403. The van der Waals surface area contributed by atoms with Gasteiger partial charge in [0.1, 0.15) is 10.3 Å². The van der Waals surface area contributed by atoms with Crippen molar-refractivity contribution in [3.8, 4) is 5.40 Å². The van der Waals surface area contributed by atoms with Crippen molar-refractivity contribution >= 4 is 17.7 Å². The van der Waals surface area contributed by atoms with Crippen molar-refractivity contribution in [2.45, 2.75) is 13.8 Å². The normalized spacial score (nSPS) is 11.4. The zero-order valence-electron chi connectivity index (χ0n) is 6.96. The van der Waals surface area contributed by atoms with Gasteiger partial charge in [0.05, 0.1) is 6.61 Å². The predicted octanol–water partition coefficient (Wildman–Crippen LogP) is 0.954. The highest BCUT2D eigenvalue weighted by Crippen LogP contribution is 2.17. The van der Waals surface area contributed by atoms with E-state index < -0.39 is 5.97 Å². The lowest BCUT2D eigenvalue weighted by atomic mass is 10.4. The third kappa shape index (κ3) is 3.30. The van der Waals surface area contributed by atoms with E-state index in [1.807, 2.05) is 0 Å². The number of nitrogens with two attached hydrogens (primary N) is 1. The van der Waals surface area contributed by atoms with E-state index in [4.69, 9.17) is 11.0 Å². The molecule has 0 bridgehead atoms. The van der Waals surface area contributed by atoms with Crippen LogP contribution in [0.5, 0.6) is 0 Å². The summed E-state index contributed by atoms with van der Waals surface area (Å²) < 4.78 is 4.67. The number of thioether (sulfide) groups is 1. The molecule has 0 spiro atoms. The lowest BCUT2D eigenvalue weighted by Gasteiger charge is -2.03.